The molecule has 0 amide bonds. The van der Waals surface area contributed by atoms with E-state index in [0.717, 1.165) is 0 Å². The molecule has 0 saturated heterocycles. The van der Waals surface area contributed by atoms with Crippen molar-refractivity contribution in [3.8, 4) is 0 Å². The van der Waals surface area contributed by atoms with Crippen LogP contribution in [0, 0.1) is 0 Å². The van der Waals surface area contributed by atoms with Crippen molar-refractivity contribution in [2.24, 2.45) is 0 Å². The molecule has 0 atom stereocenters. The highest BCUT2D eigenvalue weighted by molar-refractivity contribution is 7.34. The summed E-state index contributed by atoms with van der Waals surface area (Å²) in [7, 11) is -0.468. The van der Waals surface area contributed by atoms with Crippen LogP contribution in [0.25, 0.3) is 0 Å². The zero-order valence-electron chi connectivity index (χ0n) is 13.9. The van der Waals surface area contributed by atoms with Crippen molar-refractivity contribution in [3.63, 3.8) is 0 Å². The maximum atomic E-state index is 5.96. The maximum Gasteiger partial charge on any atom is 0.194 e. The first-order valence-corrected chi connectivity index (χ1v) is 11.5. The highest BCUT2D eigenvalue weighted by atomic mass is 29.2. The molecule has 0 bridgehead atoms. The zero-order chi connectivity index (χ0) is 14.3. The number of rotatable bonds is 2. The summed E-state index contributed by atoms with van der Waals surface area (Å²) < 4.78 is 5.96. The minimum Gasteiger partial charge on any atom is -0.424 e. The topological polar surface area (TPSA) is 9.23 Å². The van der Waals surface area contributed by atoms with Crippen LogP contribution in [0.1, 0.15) is 62.3 Å². The van der Waals surface area contributed by atoms with Crippen LogP contribution in [0.2, 0.25) is 21.7 Å². The average molecular weight is 274 g/mol. The standard InChI is InChI=1S/C14H33OSi2/c1-12(2,3)17(13(4,5)6,14(7,8)9)16(11)15-10/h1-11H3. The fourth-order valence-corrected chi connectivity index (χ4v) is 25.8. The van der Waals surface area contributed by atoms with Gasteiger partial charge in [-0.2, -0.15) is 0 Å². The summed E-state index contributed by atoms with van der Waals surface area (Å²) in [6.45, 7) is 24.3. The Morgan fingerprint density at radius 1 is 0.706 bits per heavy atom. The summed E-state index contributed by atoms with van der Waals surface area (Å²) in [5.41, 5.74) is 0. The summed E-state index contributed by atoms with van der Waals surface area (Å²) in [6.07, 6.45) is 0. The first-order chi connectivity index (χ1) is 7.23. The monoisotopic (exact) mass is 273 g/mol. The highest BCUT2D eigenvalue weighted by Gasteiger charge is 2.63. The second kappa shape index (κ2) is 4.82. The van der Waals surface area contributed by atoms with Gasteiger partial charge >= 0.3 is 0 Å². The van der Waals surface area contributed by atoms with Crippen LogP contribution in [0.3, 0.4) is 0 Å². The zero-order valence-corrected chi connectivity index (χ0v) is 15.9. The first-order valence-electron chi connectivity index (χ1n) is 6.61. The van der Waals surface area contributed by atoms with Gasteiger partial charge in [-0.05, 0) is 21.7 Å². The Morgan fingerprint density at radius 2 is 0.941 bits per heavy atom. The minimum absolute atomic E-state index is 0.364. The molecule has 0 spiro atoms. The van der Waals surface area contributed by atoms with Crippen molar-refractivity contribution in [2.75, 3.05) is 7.11 Å². The van der Waals surface area contributed by atoms with Crippen molar-refractivity contribution >= 4 is 16.1 Å². The van der Waals surface area contributed by atoms with Gasteiger partial charge in [-0.1, -0.05) is 62.3 Å². The molecule has 0 saturated carbocycles. The highest BCUT2D eigenvalue weighted by Crippen LogP contribution is 2.62. The van der Waals surface area contributed by atoms with Crippen LogP contribution in [-0.2, 0) is 4.43 Å². The molecule has 0 aromatic rings. The SMILES string of the molecule is CO[Si](C)[Si](C(C)(C)C)(C(C)(C)C)C(C)(C)C. The Kier molecular flexibility index (Phi) is 4.93. The average Bonchev–Trinajstić information content (AvgIpc) is 1.95. The Labute approximate surface area is 112 Å². The Bertz CT molecular complexity index is 217. The summed E-state index contributed by atoms with van der Waals surface area (Å²) in [6, 6.07) is 0. The first kappa shape index (κ1) is 17.4. The molecule has 0 rings (SSSR count). The van der Waals surface area contributed by atoms with Gasteiger partial charge in [0.05, 0.1) is 7.59 Å². The van der Waals surface area contributed by atoms with Crippen LogP contribution >= 0.6 is 0 Å². The van der Waals surface area contributed by atoms with E-state index in [1.165, 1.54) is 0 Å². The van der Waals surface area contributed by atoms with E-state index in [9.17, 15) is 0 Å². The van der Waals surface area contributed by atoms with E-state index in [0.29, 0.717) is 15.1 Å². The molecule has 0 fully saturated rings. The summed E-state index contributed by atoms with van der Waals surface area (Å²) in [5.74, 6) is 0. The summed E-state index contributed by atoms with van der Waals surface area (Å²) >= 11 is 0. The van der Waals surface area contributed by atoms with Crippen LogP contribution in [-0.4, -0.2) is 23.3 Å². The molecule has 0 aliphatic heterocycles. The quantitative estimate of drug-likeness (QED) is 0.630. The lowest BCUT2D eigenvalue weighted by molar-refractivity contribution is 0.424. The molecular formula is C14H33OSi2. The second-order valence-corrected chi connectivity index (χ2v) is 20.1. The molecule has 0 aliphatic rings. The third-order valence-corrected chi connectivity index (χ3v) is 23.2. The van der Waals surface area contributed by atoms with Crippen LogP contribution in [0.5, 0.6) is 0 Å². The fraction of sp³-hybridized carbons (Fsp3) is 1.00. The van der Waals surface area contributed by atoms with Crippen LogP contribution in [0.15, 0.2) is 0 Å². The predicted octanol–water partition coefficient (Wildman–Crippen LogP) is 5.18. The Hall–Kier alpha value is 0.394. The van der Waals surface area contributed by atoms with Gasteiger partial charge < -0.3 is 4.43 Å². The maximum absolute atomic E-state index is 5.96. The Morgan fingerprint density at radius 3 is 1.00 bits per heavy atom. The third-order valence-electron chi connectivity index (χ3n) is 4.21. The summed E-state index contributed by atoms with van der Waals surface area (Å²) in [4.78, 5) is 0. The van der Waals surface area contributed by atoms with E-state index in [4.69, 9.17) is 4.43 Å². The molecule has 0 aliphatic carbocycles. The molecule has 0 heterocycles. The van der Waals surface area contributed by atoms with Gasteiger partial charge in [0.25, 0.3) is 0 Å². The van der Waals surface area contributed by atoms with Gasteiger partial charge in [0.15, 0.2) is 8.56 Å². The van der Waals surface area contributed by atoms with E-state index in [2.05, 4.69) is 68.9 Å². The minimum atomic E-state index is -1.62. The molecule has 17 heavy (non-hydrogen) atoms. The molecule has 0 aromatic carbocycles. The lowest BCUT2D eigenvalue weighted by Gasteiger charge is -2.61. The molecule has 0 N–H and O–H groups in total. The van der Waals surface area contributed by atoms with Crippen molar-refractivity contribution in [1.82, 2.24) is 0 Å². The smallest absolute Gasteiger partial charge is 0.194 e. The van der Waals surface area contributed by atoms with Gasteiger partial charge in [0.1, 0.15) is 0 Å². The van der Waals surface area contributed by atoms with Crippen molar-refractivity contribution in [1.29, 1.82) is 0 Å². The molecule has 103 valence electrons. The van der Waals surface area contributed by atoms with Gasteiger partial charge in [-0.15, -0.1) is 0 Å². The number of hydrogen-bond acceptors (Lipinski definition) is 1. The molecule has 0 aromatic heterocycles. The molecule has 1 radical (unpaired) electrons. The largest absolute Gasteiger partial charge is 0.424 e. The van der Waals surface area contributed by atoms with Crippen LogP contribution in [0.4, 0.5) is 0 Å². The third kappa shape index (κ3) is 2.71. The van der Waals surface area contributed by atoms with Crippen LogP contribution < -0.4 is 0 Å². The van der Waals surface area contributed by atoms with E-state index >= 15 is 0 Å². The van der Waals surface area contributed by atoms with E-state index < -0.39 is 16.1 Å². The van der Waals surface area contributed by atoms with Crippen molar-refractivity contribution in [3.05, 3.63) is 0 Å². The van der Waals surface area contributed by atoms with E-state index in [1.54, 1.807) is 0 Å². The Balaban J connectivity index is 6.13. The molecular weight excluding hydrogens is 240 g/mol. The van der Waals surface area contributed by atoms with E-state index in [-0.39, 0.29) is 0 Å². The second-order valence-electron chi connectivity index (χ2n) is 8.26. The predicted molar refractivity (Wildman–Crippen MR) is 83.5 cm³/mol. The summed E-state index contributed by atoms with van der Waals surface area (Å²) in [5, 5.41) is 1.09. The lowest BCUT2D eigenvalue weighted by Crippen LogP contribution is -2.68. The molecule has 0 unspecified atom stereocenters. The van der Waals surface area contributed by atoms with Gasteiger partial charge in [-0.25, -0.2) is 0 Å². The molecule has 1 nitrogen and oxygen atoms in total. The van der Waals surface area contributed by atoms with Gasteiger partial charge in [0.2, 0.25) is 0 Å². The van der Waals surface area contributed by atoms with Crippen molar-refractivity contribution in [2.45, 2.75) is 84.0 Å². The van der Waals surface area contributed by atoms with Gasteiger partial charge in [-0.3, -0.25) is 0 Å². The van der Waals surface area contributed by atoms with Gasteiger partial charge in [0, 0.05) is 7.11 Å². The molecule has 3 heteroatoms. The normalized spacial score (nSPS) is 15.5. The number of hydrogen-bond donors (Lipinski definition) is 0. The lowest BCUT2D eigenvalue weighted by atomic mass is 10.2. The fourth-order valence-electron chi connectivity index (χ4n) is 5.11. The van der Waals surface area contributed by atoms with E-state index in [1.807, 2.05) is 7.11 Å². The van der Waals surface area contributed by atoms with Crippen molar-refractivity contribution < 1.29 is 4.43 Å².